The molecule has 120 valence electrons. The fraction of sp³-hybridized carbons (Fsp3) is 0.250. The van der Waals surface area contributed by atoms with E-state index in [0.717, 1.165) is 16.9 Å². The lowest BCUT2D eigenvalue weighted by Crippen LogP contribution is -2.14. The summed E-state index contributed by atoms with van der Waals surface area (Å²) in [7, 11) is 1.37. The van der Waals surface area contributed by atoms with Crippen LogP contribution in [0.2, 0.25) is 0 Å². The molecule has 0 atom stereocenters. The van der Waals surface area contributed by atoms with Gasteiger partial charge in [-0.15, -0.1) is 0 Å². The number of carbonyl (C=O) groups excluding carboxylic acids is 1. The maximum absolute atomic E-state index is 11.3. The summed E-state index contributed by atoms with van der Waals surface area (Å²) < 4.78 is 10.5. The zero-order valence-corrected chi connectivity index (χ0v) is 13.8. The highest BCUT2D eigenvalue weighted by Gasteiger charge is 2.18. The van der Waals surface area contributed by atoms with Crippen molar-refractivity contribution in [2.75, 3.05) is 7.11 Å². The van der Waals surface area contributed by atoms with Crippen LogP contribution in [-0.4, -0.2) is 13.1 Å². The van der Waals surface area contributed by atoms with Gasteiger partial charge in [-0.25, -0.2) is 4.79 Å². The van der Waals surface area contributed by atoms with Crippen LogP contribution >= 0.6 is 0 Å². The Balaban J connectivity index is 2.09. The van der Waals surface area contributed by atoms with Crippen LogP contribution in [0.1, 0.15) is 25.0 Å². The van der Waals surface area contributed by atoms with Gasteiger partial charge in [0.25, 0.3) is 0 Å². The highest BCUT2D eigenvalue weighted by atomic mass is 16.5. The summed E-state index contributed by atoms with van der Waals surface area (Å²) in [6.07, 6.45) is 3.30. The second-order valence-electron chi connectivity index (χ2n) is 5.88. The third-order valence-electron chi connectivity index (χ3n) is 3.66. The summed E-state index contributed by atoms with van der Waals surface area (Å²) in [6.45, 7) is 4.62. The van der Waals surface area contributed by atoms with E-state index in [1.54, 1.807) is 0 Å². The summed E-state index contributed by atoms with van der Waals surface area (Å²) in [6, 6.07) is 18.0. The number of hydrogen-bond acceptors (Lipinski definition) is 3. The van der Waals surface area contributed by atoms with Crippen LogP contribution in [-0.2, 0) is 21.6 Å². The maximum atomic E-state index is 11.3. The first-order valence-electron chi connectivity index (χ1n) is 7.56. The molecule has 0 amide bonds. The Labute approximate surface area is 137 Å². The molecule has 0 N–H and O–H groups in total. The summed E-state index contributed by atoms with van der Waals surface area (Å²) in [4.78, 5) is 11.3. The summed E-state index contributed by atoms with van der Waals surface area (Å²) in [5.41, 5.74) is 1.91. The van der Waals surface area contributed by atoms with Gasteiger partial charge in [0.1, 0.15) is 12.4 Å². The SMILES string of the molecule is COC(=O)C=CC(C)(C)c1cccc(OCc2ccccc2)c1. The first-order valence-corrected chi connectivity index (χ1v) is 7.56. The molecule has 3 nitrogen and oxygen atoms in total. The molecule has 0 aromatic heterocycles. The average molecular weight is 310 g/mol. The minimum absolute atomic E-state index is 0.291. The van der Waals surface area contributed by atoms with Gasteiger partial charge >= 0.3 is 5.97 Å². The quantitative estimate of drug-likeness (QED) is 0.590. The molecule has 23 heavy (non-hydrogen) atoms. The van der Waals surface area contributed by atoms with Gasteiger partial charge in [-0.2, -0.15) is 0 Å². The molecule has 0 radical (unpaired) electrons. The number of esters is 1. The van der Waals surface area contributed by atoms with E-state index in [1.807, 2.05) is 74.5 Å². The Hall–Kier alpha value is -2.55. The predicted molar refractivity (Wildman–Crippen MR) is 91.4 cm³/mol. The van der Waals surface area contributed by atoms with Crippen LogP contribution < -0.4 is 4.74 Å². The van der Waals surface area contributed by atoms with Crippen LogP contribution in [0.4, 0.5) is 0 Å². The van der Waals surface area contributed by atoms with E-state index < -0.39 is 0 Å². The Morgan fingerprint density at radius 3 is 2.52 bits per heavy atom. The van der Waals surface area contributed by atoms with Crippen molar-refractivity contribution in [2.24, 2.45) is 0 Å². The highest BCUT2D eigenvalue weighted by Crippen LogP contribution is 2.28. The van der Waals surface area contributed by atoms with Crippen LogP contribution in [0.15, 0.2) is 66.7 Å². The number of rotatable bonds is 6. The number of methoxy groups -OCH3 is 1. The van der Waals surface area contributed by atoms with Crippen molar-refractivity contribution in [1.29, 1.82) is 0 Å². The number of benzene rings is 2. The molecule has 0 saturated carbocycles. The van der Waals surface area contributed by atoms with Crippen molar-refractivity contribution in [2.45, 2.75) is 25.9 Å². The molecule has 0 aliphatic carbocycles. The molecule has 2 aromatic carbocycles. The molecule has 0 bridgehead atoms. The molecular formula is C20H22O3. The Bertz CT molecular complexity index is 672. The minimum Gasteiger partial charge on any atom is -0.489 e. The fourth-order valence-corrected chi connectivity index (χ4v) is 2.17. The van der Waals surface area contributed by atoms with Gasteiger partial charge < -0.3 is 9.47 Å². The van der Waals surface area contributed by atoms with Gasteiger partial charge in [0.05, 0.1) is 7.11 Å². The molecule has 0 spiro atoms. The largest absolute Gasteiger partial charge is 0.489 e. The van der Waals surface area contributed by atoms with Crippen molar-refractivity contribution in [3.05, 3.63) is 77.9 Å². The van der Waals surface area contributed by atoms with Crippen LogP contribution in [0.3, 0.4) is 0 Å². The molecule has 2 rings (SSSR count). The van der Waals surface area contributed by atoms with E-state index in [1.165, 1.54) is 13.2 Å². The monoisotopic (exact) mass is 310 g/mol. The Kier molecular flexibility index (Phi) is 5.58. The first kappa shape index (κ1) is 16.8. The highest BCUT2D eigenvalue weighted by molar-refractivity contribution is 5.82. The Morgan fingerprint density at radius 2 is 1.83 bits per heavy atom. The summed E-state index contributed by atoms with van der Waals surface area (Å²) >= 11 is 0. The zero-order chi connectivity index (χ0) is 16.7. The van der Waals surface area contributed by atoms with Crippen LogP contribution in [0.25, 0.3) is 0 Å². The topological polar surface area (TPSA) is 35.5 Å². The summed E-state index contributed by atoms with van der Waals surface area (Å²) in [5.74, 6) is 0.459. The summed E-state index contributed by atoms with van der Waals surface area (Å²) in [5, 5.41) is 0. The minimum atomic E-state index is -0.352. The van der Waals surface area contributed by atoms with Gasteiger partial charge in [0, 0.05) is 11.5 Å². The molecule has 3 heteroatoms. The predicted octanol–water partition coefficient (Wildman–Crippen LogP) is 4.27. The molecular weight excluding hydrogens is 288 g/mol. The van der Waals surface area contributed by atoms with Crippen molar-refractivity contribution >= 4 is 5.97 Å². The number of ether oxygens (including phenoxy) is 2. The van der Waals surface area contributed by atoms with E-state index in [9.17, 15) is 4.79 Å². The van der Waals surface area contributed by atoms with Gasteiger partial charge in [-0.05, 0) is 23.3 Å². The third-order valence-corrected chi connectivity index (χ3v) is 3.66. The lowest BCUT2D eigenvalue weighted by atomic mass is 9.84. The molecule has 0 unspecified atom stereocenters. The van der Waals surface area contributed by atoms with E-state index in [2.05, 4.69) is 4.74 Å². The van der Waals surface area contributed by atoms with Gasteiger partial charge in [0.15, 0.2) is 0 Å². The van der Waals surface area contributed by atoms with E-state index >= 15 is 0 Å². The van der Waals surface area contributed by atoms with Crippen LogP contribution in [0.5, 0.6) is 5.75 Å². The van der Waals surface area contributed by atoms with Crippen molar-refractivity contribution in [1.82, 2.24) is 0 Å². The average Bonchev–Trinajstić information content (AvgIpc) is 2.59. The van der Waals surface area contributed by atoms with E-state index in [-0.39, 0.29) is 11.4 Å². The number of hydrogen-bond donors (Lipinski definition) is 0. The van der Waals surface area contributed by atoms with Gasteiger partial charge in [-0.3, -0.25) is 0 Å². The molecule has 0 fully saturated rings. The van der Waals surface area contributed by atoms with Crippen molar-refractivity contribution in [3.8, 4) is 5.75 Å². The number of allylic oxidation sites excluding steroid dienone is 1. The van der Waals surface area contributed by atoms with Crippen molar-refractivity contribution in [3.63, 3.8) is 0 Å². The molecule has 0 aliphatic rings. The molecule has 0 aliphatic heterocycles. The zero-order valence-electron chi connectivity index (χ0n) is 13.8. The Morgan fingerprint density at radius 1 is 1.09 bits per heavy atom. The van der Waals surface area contributed by atoms with E-state index in [4.69, 9.17) is 4.74 Å². The fourth-order valence-electron chi connectivity index (χ4n) is 2.17. The van der Waals surface area contributed by atoms with Gasteiger partial charge in [-0.1, -0.05) is 62.4 Å². The lowest BCUT2D eigenvalue weighted by Gasteiger charge is -2.21. The lowest BCUT2D eigenvalue weighted by molar-refractivity contribution is -0.134. The molecule has 0 heterocycles. The van der Waals surface area contributed by atoms with Crippen LogP contribution in [0, 0.1) is 0 Å². The maximum Gasteiger partial charge on any atom is 0.330 e. The van der Waals surface area contributed by atoms with Crippen molar-refractivity contribution < 1.29 is 14.3 Å². The number of carbonyl (C=O) groups is 1. The molecule has 0 saturated heterocycles. The smallest absolute Gasteiger partial charge is 0.330 e. The second-order valence-corrected chi connectivity index (χ2v) is 5.88. The normalized spacial score (nSPS) is 11.4. The third kappa shape index (κ3) is 4.99. The molecule has 2 aromatic rings. The first-order chi connectivity index (χ1) is 11.0. The standard InChI is InChI=1S/C20H22O3/c1-20(2,13-12-19(21)22-3)17-10-7-11-18(14-17)23-15-16-8-5-4-6-9-16/h4-14H,15H2,1-3H3. The van der Waals surface area contributed by atoms with Gasteiger partial charge in [0.2, 0.25) is 0 Å². The van der Waals surface area contributed by atoms with E-state index in [0.29, 0.717) is 6.61 Å². The second kappa shape index (κ2) is 7.63.